The number of hydrogen-bond acceptors (Lipinski definition) is 1. The van der Waals surface area contributed by atoms with E-state index in [0.717, 1.165) is 18.4 Å². The highest BCUT2D eigenvalue weighted by atomic mass is 35.5. The first-order valence-corrected chi connectivity index (χ1v) is 6.28. The van der Waals surface area contributed by atoms with Gasteiger partial charge in [0.1, 0.15) is 5.38 Å². The van der Waals surface area contributed by atoms with Gasteiger partial charge in [-0.1, -0.05) is 36.4 Å². The van der Waals surface area contributed by atoms with E-state index in [1.807, 2.05) is 35.2 Å². The number of amides is 1. The van der Waals surface area contributed by atoms with Gasteiger partial charge in [0.25, 0.3) is 0 Å². The molecule has 0 aromatic heterocycles. The number of benzene rings is 1. The van der Waals surface area contributed by atoms with Crippen LogP contribution in [0.4, 0.5) is 0 Å². The summed E-state index contributed by atoms with van der Waals surface area (Å²) in [5.74, 6) is -0.0136. The molecule has 1 aliphatic carbocycles. The zero-order chi connectivity index (χ0) is 12.3. The molecule has 17 heavy (non-hydrogen) atoms. The van der Waals surface area contributed by atoms with Crippen LogP contribution in [0.5, 0.6) is 0 Å². The van der Waals surface area contributed by atoms with Crippen LogP contribution in [-0.2, 0) is 4.79 Å². The molecular weight excluding hydrogens is 234 g/mol. The van der Waals surface area contributed by atoms with Crippen LogP contribution < -0.4 is 0 Å². The summed E-state index contributed by atoms with van der Waals surface area (Å²) in [4.78, 5) is 14.1. The minimum atomic E-state index is -0.586. The Balaban J connectivity index is 2.10. The van der Waals surface area contributed by atoms with E-state index in [1.54, 1.807) is 6.08 Å². The lowest BCUT2D eigenvalue weighted by molar-refractivity contribution is -0.130. The summed E-state index contributed by atoms with van der Waals surface area (Å²) in [5, 5.41) is -0.586. The van der Waals surface area contributed by atoms with Crippen molar-refractivity contribution in [1.82, 2.24) is 4.90 Å². The molecule has 0 aliphatic heterocycles. The van der Waals surface area contributed by atoms with Crippen molar-refractivity contribution in [2.24, 2.45) is 0 Å². The molecule has 3 heteroatoms. The van der Waals surface area contributed by atoms with Crippen LogP contribution in [0.1, 0.15) is 23.8 Å². The number of hydrogen-bond donors (Lipinski definition) is 0. The molecule has 1 amide bonds. The molecule has 1 unspecified atom stereocenters. The third-order valence-electron chi connectivity index (χ3n) is 2.91. The summed E-state index contributed by atoms with van der Waals surface area (Å²) in [6, 6.07) is 9.84. The molecule has 2 nitrogen and oxygen atoms in total. The first-order valence-electron chi connectivity index (χ1n) is 5.84. The van der Waals surface area contributed by atoms with E-state index in [0.29, 0.717) is 12.6 Å². The molecule has 0 heterocycles. The highest BCUT2D eigenvalue weighted by Crippen LogP contribution is 2.31. The molecule has 0 saturated heterocycles. The predicted molar refractivity (Wildman–Crippen MR) is 70.0 cm³/mol. The Morgan fingerprint density at radius 3 is 2.65 bits per heavy atom. The van der Waals surface area contributed by atoms with Gasteiger partial charge in [-0.15, -0.1) is 18.2 Å². The van der Waals surface area contributed by atoms with Crippen LogP contribution in [0.15, 0.2) is 43.0 Å². The van der Waals surface area contributed by atoms with Gasteiger partial charge in [-0.25, -0.2) is 0 Å². The van der Waals surface area contributed by atoms with Crippen molar-refractivity contribution in [2.75, 3.05) is 6.54 Å². The molecule has 1 fully saturated rings. The second-order valence-corrected chi connectivity index (χ2v) is 4.72. The minimum Gasteiger partial charge on any atom is -0.334 e. The van der Waals surface area contributed by atoms with Gasteiger partial charge >= 0.3 is 0 Å². The standard InChI is InChI=1S/C14H16ClNO/c1-2-10-16(12-8-9-12)14(17)13(15)11-6-4-3-5-7-11/h2-7,12-13H,1,8-10H2. The lowest BCUT2D eigenvalue weighted by Gasteiger charge is -2.23. The van der Waals surface area contributed by atoms with Crippen LogP contribution >= 0.6 is 11.6 Å². The second-order valence-electron chi connectivity index (χ2n) is 4.28. The van der Waals surface area contributed by atoms with Crippen LogP contribution in [0, 0.1) is 0 Å². The molecule has 1 aliphatic rings. The molecule has 2 rings (SSSR count). The minimum absolute atomic E-state index is 0.0136. The topological polar surface area (TPSA) is 20.3 Å². The summed E-state index contributed by atoms with van der Waals surface area (Å²) in [7, 11) is 0. The molecular formula is C14H16ClNO. The molecule has 0 N–H and O–H groups in total. The summed E-state index contributed by atoms with van der Waals surface area (Å²) in [5.41, 5.74) is 0.855. The zero-order valence-electron chi connectivity index (χ0n) is 9.68. The van der Waals surface area contributed by atoms with Gasteiger partial charge in [-0.3, -0.25) is 4.79 Å². The van der Waals surface area contributed by atoms with Crippen LogP contribution in [0.25, 0.3) is 0 Å². The number of alkyl halides is 1. The number of halogens is 1. The van der Waals surface area contributed by atoms with E-state index in [9.17, 15) is 4.79 Å². The Labute approximate surface area is 107 Å². The van der Waals surface area contributed by atoms with E-state index in [4.69, 9.17) is 11.6 Å². The maximum atomic E-state index is 12.3. The van der Waals surface area contributed by atoms with Gasteiger partial charge in [-0.05, 0) is 18.4 Å². The summed E-state index contributed by atoms with van der Waals surface area (Å²) >= 11 is 6.23. The molecule has 1 atom stereocenters. The lowest BCUT2D eigenvalue weighted by Crippen LogP contribution is -2.35. The summed E-state index contributed by atoms with van der Waals surface area (Å²) < 4.78 is 0. The Hall–Kier alpha value is -1.28. The van der Waals surface area contributed by atoms with E-state index in [2.05, 4.69) is 6.58 Å². The highest BCUT2D eigenvalue weighted by molar-refractivity contribution is 6.30. The molecule has 0 radical (unpaired) electrons. The smallest absolute Gasteiger partial charge is 0.245 e. The van der Waals surface area contributed by atoms with Gasteiger partial charge in [-0.2, -0.15) is 0 Å². The van der Waals surface area contributed by atoms with Crippen LogP contribution in [0.3, 0.4) is 0 Å². The van der Waals surface area contributed by atoms with Crippen LogP contribution in [-0.4, -0.2) is 23.4 Å². The van der Waals surface area contributed by atoms with Crippen molar-refractivity contribution in [3.8, 4) is 0 Å². The number of nitrogens with zero attached hydrogens (tertiary/aromatic N) is 1. The fourth-order valence-corrected chi connectivity index (χ4v) is 2.13. The Morgan fingerprint density at radius 2 is 2.12 bits per heavy atom. The Morgan fingerprint density at radius 1 is 1.47 bits per heavy atom. The lowest BCUT2D eigenvalue weighted by atomic mass is 10.1. The Kier molecular flexibility index (Phi) is 3.85. The average molecular weight is 250 g/mol. The summed E-state index contributed by atoms with van der Waals surface area (Å²) in [6.07, 6.45) is 3.92. The molecule has 1 aromatic carbocycles. The number of rotatable bonds is 5. The van der Waals surface area contributed by atoms with Gasteiger partial charge in [0.05, 0.1) is 0 Å². The maximum Gasteiger partial charge on any atom is 0.245 e. The van der Waals surface area contributed by atoms with Crippen molar-refractivity contribution in [1.29, 1.82) is 0 Å². The second kappa shape index (κ2) is 5.37. The molecule has 0 bridgehead atoms. The maximum absolute atomic E-state index is 12.3. The molecule has 1 saturated carbocycles. The normalized spacial score (nSPS) is 16.3. The SMILES string of the molecule is C=CCN(C(=O)C(Cl)c1ccccc1)C1CC1. The monoisotopic (exact) mass is 249 g/mol. The van der Waals surface area contributed by atoms with E-state index in [-0.39, 0.29) is 5.91 Å². The fraction of sp³-hybridized carbons (Fsp3) is 0.357. The quantitative estimate of drug-likeness (QED) is 0.580. The molecule has 0 spiro atoms. The Bertz CT molecular complexity index is 400. The zero-order valence-corrected chi connectivity index (χ0v) is 10.4. The molecule has 90 valence electrons. The van der Waals surface area contributed by atoms with Crippen molar-refractivity contribution in [3.63, 3.8) is 0 Å². The number of carbonyl (C=O) groups is 1. The van der Waals surface area contributed by atoms with E-state index < -0.39 is 5.38 Å². The van der Waals surface area contributed by atoms with E-state index >= 15 is 0 Å². The fourth-order valence-electron chi connectivity index (χ4n) is 1.85. The third kappa shape index (κ3) is 2.89. The average Bonchev–Trinajstić information content (AvgIpc) is 3.19. The number of carbonyl (C=O) groups excluding carboxylic acids is 1. The van der Waals surface area contributed by atoms with Crippen molar-refractivity contribution in [3.05, 3.63) is 48.6 Å². The molecule has 1 aromatic rings. The van der Waals surface area contributed by atoms with Gasteiger partial charge in [0, 0.05) is 12.6 Å². The third-order valence-corrected chi connectivity index (χ3v) is 3.34. The highest BCUT2D eigenvalue weighted by Gasteiger charge is 2.34. The van der Waals surface area contributed by atoms with E-state index in [1.165, 1.54) is 0 Å². The van der Waals surface area contributed by atoms with Gasteiger partial charge in [0.15, 0.2) is 0 Å². The van der Waals surface area contributed by atoms with Gasteiger partial charge < -0.3 is 4.90 Å². The first-order chi connectivity index (χ1) is 8.24. The van der Waals surface area contributed by atoms with Crippen molar-refractivity contribution < 1.29 is 4.79 Å². The van der Waals surface area contributed by atoms with Gasteiger partial charge in [0.2, 0.25) is 5.91 Å². The summed E-state index contributed by atoms with van der Waals surface area (Å²) in [6.45, 7) is 4.27. The first kappa shape index (κ1) is 12.2. The predicted octanol–water partition coefficient (Wildman–Crippen LogP) is 3.14. The van der Waals surface area contributed by atoms with Crippen LogP contribution in [0.2, 0.25) is 0 Å². The van der Waals surface area contributed by atoms with Crippen molar-refractivity contribution >= 4 is 17.5 Å². The largest absolute Gasteiger partial charge is 0.334 e. The van der Waals surface area contributed by atoms with Crippen molar-refractivity contribution in [2.45, 2.75) is 24.3 Å².